The van der Waals surface area contributed by atoms with E-state index >= 15 is 0 Å². The zero-order chi connectivity index (χ0) is 12.5. The molecule has 0 amide bonds. The number of aromatic nitrogens is 3. The maximum absolute atomic E-state index is 5.77. The van der Waals surface area contributed by atoms with E-state index < -0.39 is 0 Å². The first kappa shape index (κ1) is 11.4. The molecule has 0 saturated carbocycles. The fourth-order valence-electron chi connectivity index (χ4n) is 2.24. The van der Waals surface area contributed by atoms with Crippen molar-refractivity contribution < 1.29 is 9.47 Å². The first-order valence-electron chi connectivity index (χ1n) is 5.98. The summed E-state index contributed by atoms with van der Waals surface area (Å²) in [6.45, 7) is 2.44. The van der Waals surface area contributed by atoms with Crippen LogP contribution in [0.15, 0.2) is 12.4 Å². The number of nitrogens with zero attached hydrogens (tertiary/aromatic N) is 3. The predicted molar refractivity (Wildman–Crippen MR) is 66.6 cm³/mol. The maximum Gasteiger partial charge on any atom is 0.234 e. The van der Waals surface area contributed by atoms with Crippen molar-refractivity contribution in [2.45, 2.75) is 6.10 Å². The number of hydrogen-bond acceptors (Lipinski definition) is 5. The number of ether oxygens (including phenoxy) is 2. The third-order valence-corrected chi connectivity index (χ3v) is 3.16. The van der Waals surface area contributed by atoms with E-state index in [1.165, 1.54) is 0 Å². The van der Waals surface area contributed by atoms with Crippen molar-refractivity contribution in [1.29, 1.82) is 0 Å². The van der Waals surface area contributed by atoms with Crippen molar-refractivity contribution in [1.82, 2.24) is 19.9 Å². The molecule has 1 aliphatic heterocycles. The molecule has 6 heteroatoms. The van der Waals surface area contributed by atoms with Crippen molar-refractivity contribution in [2.75, 3.05) is 26.8 Å². The molecule has 1 fully saturated rings. The molecular formula is C12H16N4O2. The molecule has 1 atom stereocenters. The van der Waals surface area contributed by atoms with E-state index in [-0.39, 0.29) is 6.10 Å². The van der Waals surface area contributed by atoms with Gasteiger partial charge in [0.2, 0.25) is 5.88 Å². The highest BCUT2D eigenvalue weighted by Gasteiger charge is 2.21. The van der Waals surface area contributed by atoms with E-state index in [4.69, 9.17) is 9.47 Å². The number of fused-ring (bicyclic) bond motifs is 1. The van der Waals surface area contributed by atoms with Crippen LogP contribution in [0, 0.1) is 0 Å². The monoisotopic (exact) mass is 248 g/mol. The number of nitrogens with one attached hydrogen (secondary N) is 1. The lowest BCUT2D eigenvalue weighted by molar-refractivity contribution is 0.0284. The zero-order valence-electron chi connectivity index (χ0n) is 10.5. The molecule has 0 aromatic carbocycles. The van der Waals surface area contributed by atoms with Crippen molar-refractivity contribution in [3.05, 3.63) is 18.0 Å². The van der Waals surface area contributed by atoms with Crippen LogP contribution in [0.5, 0.6) is 5.88 Å². The Labute approximate surface area is 105 Å². The fourth-order valence-corrected chi connectivity index (χ4v) is 2.24. The zero-order valence-corrected chi connectivity index (χ0v) is 10.5. The Morgan fingerprint density at radius 1 is 1.56 bits per heavy atom. The van der Waals surface area contributed by atoms with Gasteiger partial charge in [-0.25, -0.2) is 4.98 Å². The average molecular weight is 248 g/mol. The van der Waals surface area contributed by atoms with Crippen molar-refractivity contribution in [3.8, 4) is 5.88 Å². The Balaban J connectivity index is 2.07. The molecule has 0 bridgehead atoms. The van der Waals surface area contributed by atoms with Crippen LogP contribution in [-0.2, 0) is 11.8 Å². The number of methoxy groups -OCH3 is 1. The van der Waals surface area contributed by atoms with E-state index in [2.05, 4.69) is 15.3 Å². The Morgan fingerprint density at radius 3 is 3.17 bits per heavy atom. The molecule has 3 heterocycles. The van der Waals surface area contributed by atoms with Gasteiger partial charge in [0.25, 0.3) is 0 Å². The molecule has 6 nitrogen and oxygen atoms in total. The van der Waals surface area contributed by atoms with Crippen LogP contribution in [0.25, 0.3) is 11.2 Å². The summed E-state index contributed by atoms with van der Waals surface area (Å²) in [5, 5.41) is 3.32. The normalized spacial score (nSPS) is 20.2. The van der Waals surface area contributed by atoms with Gasteiger partial charge >= 0.3 is 0 Å². The summed E-state index contributed by atoms with van der Waals surface area (Å²) in [5.41, 5.74) is 2.78. The highest BCUT2D eigenvalue weighted by atomic mass is 16.5. The second-order valence-electron chi connectivity index (χ2n) is 4.34. The van der Waals surface area contributed by atoms with Gasteiger partial charge in [-0.05, 0) is 0 Å². The summed E-state index contributed by atoms with van der Waals surface area (Å²) in [6.07, 6.45) is 3.72. The number of rotatable bonds is 2. The van der Waals surface area contributed by atoms with Crippen LogP contribution < -0.4 is 10.1 Å². The summed E-state index contributed by atoms with van der Waals surface area (Å²) in [7, 11) is 3.55. The van der Waals surface area contributed by atoms with E-state index in [1.807, 2.05) is 17.8 Å². The van der Waals surface area contributed by atoms with Gasteiger partial charge in [0.05, 0.1) is 26.0 Å². The van der Waals surface area contributed by atoms with Gasteiger partial charge in [-0.15, -0.1) is 0 Å². The minimum Gasteiger partial charge on any atom is -0.480 e. The van der Waals surface area contributed by atoms with E-state index in [1.54, 1.807) is 13.3 Å². The van der Waals surface area contributed by atoms with Crippen molar-refractivity contribution in [2.24, 2.45) is 7.05 Å². The van der Waals surface area contributed by atoms with Gasteiger partial charge in [-0.2, -0.15) is 4.98 Å². The van der Waals surface area contributed by atoms with Crippen LogP contribution >= 0.6 is 0 Å². The lowest BCUT2D eigenvalue weighted by Crippen LogP contribution is -2.33. The summed E-state index contributed by atoms with van der Waals surface area (Å²) >= 11 is 0. The van der Waals surface area contributed by atoms with Gasteiger partial charge in [0.15, 0.2) is 5.65 Å². The Hall–Kier alpha value is -1.66. The molecule has 2 aromatic heterocycles. The summed E-state index contributed by atoms with van der Waals surface area (Å²) in [5.74, 6) is 0.526. The molecule has 1 N–H and O–H groups in total. The van der Waals surface area contributed by atoms with Crippen LogP contribution in [0.4, 0.5) is 0 Å². The van der Waals surface area contributed by atoms with Crippen molar-refractivity contribution in [3.63, 3.8) is 0 Å². The predicted octanol–water partition coefficient (Wildman–Crippen LogP) is 0.638. The van der Waals surface area contributed by atoms with Gasteiger partial charge in [0, 0.05) is 31.9 Å². The maximum atomic E-state index is 5.77. The van der Waals surface area contributed by atoms with Gasteiger partial charge in [-0.3, -0.25) is 0 Å². The molecule has 18 heavy (non-hydrogen) atoms. The van der Waals surface area contributed by atoms with Crippen LogP contribution in [0.3, 0.4) is 0 Å². The van der Waals surface area contributed by atoms with Gasteiger partial charge < -0.3 is 19.4 Å². The highest BCUT2D eigenvalue weighted by Crippen LogP contribution is 2.27. The Kier molecular flexibility index (Phi) is 2.89. The third-order valence-electron chi connectivity index (χ3n) is 3.16. The molecule has 1 unspecified atom stereocenters. The Bertz CT molecular complexity index is 560. The minimum absolute atomic E-state index is 0.0464. The van der Waals surface area contributed by atoms with E-state index in [9.17, 15) is 0 Å². The lowest BCUT2D eigenvalue weighted by Gasteiger charge is -2.22. The van der Waals surface area contributed by atoms with Gasteiger partial charge in [0.1, 0.15) is 5.52 Å². The van der Waals surface area contributed by atoms with E-state index in [0.29, 0.717) is 5.88 Å². The summed E-state index contributed by atoms with van der Waals surface area (Å²) in [6, 6.07) is 0. The quantitative estimate of drug-likeness (QED) is 0.845. The third kappa shape index (κ3) is 1.83. The first-order valence-corrected chi connectivity index (χ1v) is 5.98. The van der Waals surface area contributed by atoms with Gasteiger partial charge in [-0.1, -0.05) is 0 Å². The van der Waals surface area contributed by atoms with Crippen LogP contribution in [0.2, 0.25) is 0 Å². The van der Waals surface area contributed by atoms with Crippen LogP contribution in [-0.4, -0.2) is 41.3 Å². The fraction of sp³-hybridized carbons (Fsp3) is 0.500. The molecule has 0 aliphatic carbocycles. The average Bonchev–Trinajstić information content (AvgIpc) is 2.77. The van der Waals surface area contributed by atoms with E-state index in [0.717, 1.165) is 36.4 Å². The molecule has 0 radical (unpaired) electrons. The molecule has 1 saturated heterocycles. The number of morpholine rings is 1. The number of hydrogen-bond donors (Lipinski definition) is 1. The minimum atomic E-state index is 0.0464. The highest BCUT2D eigenvalue weighted by molar-refractivity contribution is 5.76. The second kappa shape index (κ2) is 4.55. The molecule has 96 valence electrons. The van der Waals surface area contributed by atoms with Crippen LogP contribution in [0.1, 0.15) is 11.7 Å². The Morgan fingerprint density at radius 2 is 2.44 bits per heavy atom. The molecular weight excluding hydrogens is 232 g/mol. The SMILES string of the molecule is COc1cnc2c(C3CNCCO3)cn(C)c2n1. The van der Waals surface area contributed by atoms with Crippen molar-refractivity contribution >= 4 is 11.2 Å². The molecule has 0 spiro atoms. The summed E-state index contributed by atoms with van der Waals surface area (Å²) < 4.78 is 12.8. The second-order valence-corrected chi connectivity index (χ2v) is 4.34. The number of aryl methyl sites for hydroxylation is 1. The topological polar surface area (TPSA) is 61.2 Å². The lowest BCUT2D eigenvalue weighted by atomic mass is 10.1. The molecule has 3 rings (SSSR count). The first-order chi connectivity index (χ1) is 8.79. The molecule has 1 aliphatic rings. The summed E-state index contributed by atoms with van der Waals surface area (Å²) in [4.78, 5) is 8.84. The molecule has 2 aromatic rings. The smallest absolute Gasteiger partial charge is 0.234 e. The largest absolute Gasteiger partial charge is 0.480 e. The standard InChI is InChI=1S/C12H16N4O2/c1-16-7-8(9-5-13-3-4-18-9)11-12(16)15-10(17-2)6-14-11/h6-7,9,13H,3-5H2,1-2H3.